The number of hydrogen-bond acceptors (Lipinski definition) is 4. The molecule has 0 saturated carbocycles. The Balaban J connectivity index is 1.85. The number of amides is 1. The number of nitrogens with zero attached hydrogens (tertiary/aromatic N) is 1. The molecule has 2 aromatic carbocycles. The highest BCUT2D eigenvalue weighted by molar-refractivity contribution is 7.80. The topological polar surface area (TPSA) is 95.1 Å². The lowest BCUT2D eigenvalue weighted by molar-refractivity contribution is -0.137. The maximum atomic E-state index is 13.4. The van der Waals surface area contributed by atoms with Crippen LogP contribution in [-0.4, -0.2) is 38.7 Å². The number of nitrogens with one attached hydrogen (secondary N) is 2. The van der Waals surface area contributed by atoms with Crippen LogP contribution in [0.5, 0.6) is 0 Å². The number of aryl methyl sites for hydroxylation is 3. The molecule has 180 valence electrons. The third kappa shape index (κ3) is 7.48. The molecule has 1 amide bonds. The molecule has 3 rings (SSSR count). The van der Waals surface area contributed by atoms with Gasteiger partial charge in [-0.1, -0.05) is 42.8 Å². The van der Waals surface area contributed by atoms with Crippen LogP contribution in [-0.2, 0) is 17.6 Å². The number of carboxylic acid groups (broad SMARTS) is 1. The van der Waals surface area contributed by atoms with Crippen molar-refractivity contribution >= 4 is 24.5 Å². The Kier molecular flexibility index (Phi) is 9.76. The number of aliphatic carboxylic acids is 1. The summed E-state index contributed by atoms with van der Waals surface area (Å²) in [6.07, 6.45) is 8.18. The zero-order valence-electron chi connectivity index (χ0n) is 19.6. The third-order valence-electron chi connectivity index (χ3n) is 6.00. The zero-order valence-corrected chi connectivity index (χ0v) is 20.5. The van der Waals surface area contributed by atoms with E-state index in [2.05, 4.69) is 34.0 Å². The third-order valence-corrected chi connectivity index (χ3v) is 6.32. The first-order chi connectivity index (χ1) is 16.5. The number of aromatic amines is 1. The molecule has 7 heteroatoms. The second-order valence-electron chi connectivity index (χ2n) is 8.59. The number of thiol groups is 1. The summed E-state index contributed by atoms with van der Waals surface area (Å²) >= 11 is 4.26. The summed E-state index contributed by atoms with van der Waals surface area (Å²) in [4.78, 5) is 31.7. The standard InChI is InChI=1S/C27H33N3O3S/c1-19-6-2-3-8-23(19)25-16-20(9-11-22-17-28-18-29-22)10-13-24(25)27(33)30-21(7-4-5-15-34)12-14-26(31)32/h2-3,6,8,10,13,16-18,21,34H,4-5,7,9,11-12,14-15H2,1H3,(H,28,29)(H,30,33)(H,31,32). The molecule has 1 aromatic heterocycles. The Morgan fingerprint density at radius 2 is 1.91 bits per heavy atom. The van der Waals surface area contributed by atoms with Gasteiger partial charge in [-0.3, -0.25) is 9.59 Å². The van der Waals surface area contributed by atoms with Crippen LogP contribution in [0.3, 0.4) is 0 Å². The van der Waals surface area contributed by atoms with E-state index in [9.17, 15) is 9.59 Å². The Hall–Kier alpha value is -3.06. The number of carboxylic acids is 1. The van der Waals surface area contributed by atoms with E-state index in [1.165, 1.54) is 0 Å². The van der Waals surface area contributed by atoms with Crippen molar-refractivity contribution in [3.63, 3.8) is 0 Å². The van der Waals surface area contributed by atoms with Crippen LogP contribution in [0.25, 0.3) is 11.1 Å². The normalized spacial score (nSPS) is 11.8. The van der Waals surface area contributed by atoms with Gasteiger partial charge in [-0.25, -0.2) is 4.98 Å². The summed E-state index contributed by atoms with van der Waals surface area (Å²) in [5.74, 6) is -0.243. The summed E-state index contributed by atoms with van der Waals surface area (Å²) in [6, 6.07) is 13.9. The number of aromatic nitrogens is 2. The van der Waals surface area contributed by atoms with E-state index in [0.29, 0.717) is 12.0 Å². The monoisotopic (exact) mass is 479 g/mol. The van der Waals surface area contributed by atoms with Crippen LogP contribution in [0.1, 0.15) is 59.3 Å². The van der Waals surface area contributed by atoms with Crippen molar-refractivity contribution in [2.45, 2.75) is 57.9 Å². The number of unbranched alkanes of at least 4 members (excludes halogenated alkanes) is 1. The average Bonchev–Trinajstić information content (AvgIpc) is 3.35. The molecule has 0 aliphatic carbocycles. The van der Waals surface area contributed by atoms with Crippen molar-refractivity contribution in [3.8, 4) is 11.1 Å². The fraction of sp³-hybridized carbons (Fsp3) is 0.370. The van der Waals surface area contributed by atoms with E-state index >= 15 is 0 Å². The van der Waals surface area contributed by atoms with Gasteiger partial charge in [0.05, 0.1) is 6.33 Å². The second-order valence-corrected chi connectivity index (χ2v) is 9.04. The van der Waals surface area contributed by atoms with Crippen molar-refractivity contribution in [1.29, 1.82) is 0 Å². The Morgan fingerprint density at radius 3 is 2.62 bits per heavy atom. The SMILES string of the molecule is Cc1ccccc1-c1cc(CCc2cnc[nH]2)ccc1C(=O)NC(CCCCS)CCC(=O)O. The molecule has 6 nitrogen and oxygen atoms in total. The highest BCUT2D eigenvalue weighted by atomic mass is 32.1. The first-order valence-electron chi connectivity index (χ1n) is 11.8. The lowest BCUT2D eigenvalue weighted by Gasteiger charge is -2.20. The molecule has 3 aromatic rings. The Morgan fingerprint density at radius 1 is 1.09 bits per heavy atom. The summed E-state index contributed by atoms with van der Waals surface area (Å²) in [6.45, 7) is 2.04. The van der Waals surface area contributed by atoms with Crippen LogP contribution in [0.15, 0.2) is 55.0 Å². The number of carbonyl (C=O) groups is 2. The molecule has 1 heterocycles. The van der Waals surface area contributed by atoms with Crippen molar-refractivity contribution < 1.29 is 14.7 Å². The fourth-order valence-corrected chi connectivity index (χ4v) is 4.32. The van der Waals surface area contributed by atoms with Crippen molar-refractivity contribution in [2.75, 3.05) is 5.75 Å². The van der Waals surface area contributed by atoms with E-state index in [0.717, 1.165) is 65.8 Å². The predicted octanol–water partition coefficient (Wildman–Crippen LogP) is 5.23. The van der Waals surface area contributed by atoms with Gasteiger partial charge in [0.1, 0.15) is 0 Å². The van der Waals surface area contributed by atoms with E-state index in [4.69, 9.17) is 5.11 Å². The molecule has 0 spiro atoms. The minimum Gasteiger partial charge on any atom is -0.481 e. The molecule has 1 atom stereocenters. The predicted molar refractivity (Wildman–Crippen MR) is 138 cm³/mol. The highest BCUT2D eigenvalue weighted by Gasteiger charge is 2.19. The molecule has 0 fully saturated rings. The van der Waals surface area contributed by atoms with Crippen molar-refractivity contribution in [2.24, 2.45) is 0 Å². The lowest BCUT2D eigenvalue weighted by atomic mass is 9.92. The number of benzene rings is 2. The molecular weight excluding hydrogens is 446 g/mol. The molecule has 1 unspecified atom stereocenters. The number of H-pyrrole nitrogens is 1. The minimum absolute atomic E-state index is 0.0308. The number of carbonyl (C=O) groups excluding carboxylic acids is 1. The molecular formula is C27H33N3O3S. The first kappa shape index (κ1) is 25.6. The molecule has 0 radical (unpaired) electrons. The number of imidazole rings is 1. The summed E-state index contributed by atoms with van der Waals surface area (Å²) in [5.41, 5.74) is 5.83. The van der Waals surface area contributed by atoms with Crippen LogP contribution in [0, 0.1) is 6.92 Å². The molecule has 0 bridgehead atoms. The van der Waals surface area contributed by atoms with E-state index < -0.39 is 5.97 Å². The molecule has 0 aliphatic heterocycles. The van der Waals surface area contributed by atoms with Gasteiger partial charge < -0.3 is 15.4 Å². The molecule has 34 heavy (non-hydrogen) atoms. The average molecular weight is 480 g/mol. The smallest absolute Gasteiger partial charge is 0.303 e. The quantitative estimate of drug-likeness (QED) is 0.199. The minimum atomic E-state index is -0.851. The fourth-order valence-electron chi connectivity index (χ4n) is 4.10. The largest absolute Gasteiger partial charge is 0.481 e. The van der Waals surface area contributed by atoms with Crippen LogP contribution < -0.4 is 5.32 Å². The summed E-state index contributed by atoms with van der Waals surface area (Å²) in [7, 11) is 0. The highest BCUT2D eigenvalue weighted by Crippen LogP contribution is 2.29. The molecule has 3 N–H and O–H groups in total. The maximum Gasteiger partial charge on any atom is 0.303 e. The van der Waals surface area contributed by atoms with E-state index in [1.807, 2.05) is 49.5 Å². The summed E-state index contributed by atoms with van der Waals surface area (Å²) < 4.78 is 0. The van der Waals surface area contributed by atoms with Gasteiger partial charge >= 0.3 is 5.97 Å². The van der Waals surface area contributed by atoms with Gasteiger partial charge in [-0.2, -0.15) is 12.6 Å². The lowest BCUT2D eigenvalue weighted by Crippen LogP contribution is -2.35. The molecule has 0 saturated heterocycles. The number of hydrogen-bond donors (Lipinski definition) is 4. The van der Waals surface area contributed by atoms with Gasteiger partial charge in [0, 0.05) is 29.9 Å². The van der Waals surface area contributed by atoms with Crippen LogP contribution in [0.4, 0.5) is 0 Å². The van der Waals surface area contributed by atoms with Gasteiger partial charge in [0.15, 0.2) is 0 Å². The van der Waals surface area contributed by atoms with Crippen molar-refractivity contribution in [3.05, 3.63) is 77.4 Å². The van der Waals surface area contributed by atoms with Crippen LogP contribution >= 0.6 is 12.6 Å². The zero-order chi connectivity index (χ0) is 24.3. The van der Waals surface area contributed by atoms with Gasteiger partial charge in [-0.05, 0) is 73.1 Å². The molecule has 0 aliphatic rings. The Labute approximate surface area is 206 Å². The van der Waals surface area contributed by atoms with Gasteiger partial charge in [-0.15, -0.1) is 0 Å². The summed E-state index contributed by atoms with van der Waals surface area (Å²) in [5, 5.41) is 12.2. The van der Waals surface area contributed by atoms with Gasteiger partial charge in [0.2, 0.25) is 0 Å². The number of rotatable bonds is 13. The van der Waals surface area contributed by atoms with Gasteiger partial charge in [0.25, 0.3) is 5.91 Å². The first-order valence-corrected chi connectivity index (χ1v) is 12.4. The second kappa shape index (κ2) is 13.0. The van der Waals surface area contributed by atoms with E-state index in [-0.39, 0.29) is 18.4 Å². The van der Waals surface area contributed by atoms with Crippen LogP contribution in [0.2, 0.25) is 0 Å². The van der Waals surface area contributed by atoms with E-state index in [1.54, 1.807) is 6.33 Å². The maximum absolute atomic E-state index is 13.4. The Bertz CT molecular complexity index is 1080. The van der Waals surface area contributed by atoms with Crippen molar-refractivity contribution in [1.82, 2.24) is 15.3 Å².